The number of fused-ring (bicyclic) bond motifs is 2. The predicted octanol–water partition coefficient (Wildman–Crippen LogP) is 1.27. The van der Waals surface area contributed by atoms with Crippen molar-refractivity contribution in [1.82, 2.24) is 14.6 Å². The van der Waals surface area contributed by atoms with Crippen LogP contribution in [-0.4, -0.2) is 61.2 Å². The Labute approximate surface area is 164 Å². The van der Waals surface area contributed by atoms with Gasteiger partial charge in [0.1, 0.15) is 0 Å². The zero-order chi connectivity index (χ0) is 19.5. The first-order chi connectivity index (χ1) is 13.4. The zero-order valence-corrected chi connectivity index (χ0v) is 16.7. The summed E-state index contributed by atoms with van der Waals surface area (Å²) in [5, 5.41) is 4.14. The highest BCUT2D eigenvalue weighted by Gasteiger charge is 2.63. The molecule has 5 rings (SSSR count). The van der Waals surface area contributed by atoms with Crippen molar-refractivity contribution in [1.29, 1.82) is 0 Å². The summed E-state index contributed by atoms with van der Waals surface area (Å²) in [6, 6.07) is 7.95. The third-order valence-corrected chi connectivity index (χ3v) is 8.00. The lowest BCUT2D eigenvalue weighted by atomic mass is 9.73. The Kier molecular flexibility index (Phi) is 4.08. The minimum Gasteiger partial charge on any atom is -0.370 e. The first kappa shape index (κ1) is 18.1. The lowest BCUT2D eigenvalue weighted by Crippen LogP contribution is -2.42. The molecule has 4 heterocycles. The molecule has 3 saturated heterocycles. The average Bonchev–Trinajstić information content (AvgIpc) is 3.39. The fourth-order valence-corrected chi connectivity index (χ4v) is 6.30. The van der Waals surface area contributed by atoms with Crippen LogP contribution in [0.5, 0.6) is 0 Å². The molecule has 8 heteroatoms. The van der Waals surface area contributed by atoms with Gasteiger partial charge in [0.05, 0.1) is 24.4 Å². The van der Waals surface area contributed by atoms with Crippen LogP contribution in [0.4, 0.5) is 0 Å². The standard InChI is InChI=1S/C20H25N3O4S/c1-28(25,26)23-11-16-15(18-6-7-20(16,12-23)27-18)10-22-19(24)8-13-9-21-17-5-3-2-4-14(13)17/h2-5,9,15-16,18,21H,6-8,10-12H2,1H3,(H,22,24)/t15-,16+,18+,20+/m0/s1. The van der Waals surface area contributed by atoms with E-state index in [0.29, 0.717) is 26.1 Å². The molecule has 2 aromatic rings. The van der Waals surface area contributed by atoms with E-state index in [-0.39, 0.29) is 29.4 Å². The largest absolute Gasteiger partial charge is 0.370 e. The van der Waals surface area contributed by atoms with Gasteiger partial charge in [0, 0.05) is 48.6 Å². The fraction of sp³-hybridized carbons (Fsp3) is 0.550. The normalized spacial score (nSPS) is 32.1. The van der Waals surface area contributed by atoms with Crippen molar-refractivity contribution < 1.29 is 17.9 Å². The van der Waals surface area contributed by atoms with Crippen LogP contribution >= 0.6 is 0 Å². The highest BCUT2D eigenvalue weighted by molar-refractivity contribution is 7.88. The van der Waals surface area contributed by atoms with Crippen molar-refractivity contribution in [2.45, 2.75) is 31.0 Å². The third-order valence-electron chi connectivity index (χ3n) is 6.78. The van der Waals surface area contributed by atoms with Crippen LogP contribution < -0.4 is 5.32 Å². The number of ether oxygens (including phenoxy) is 1. The number of carbonyl (C=O) groups is 1. The highest BCUT2D eigenvalue weighted by Crippen LogP contribution is 2.54. The Morgan fingerprint density at radius 2 is 2.21 bits per heavy atom. The molecule has 1 amide bonds. The molecule has 1 spiro atoms. The summed E-state index contributed by atoms with van der Waals surface area (Å²) in [6.45, 7) is 1.49. The molecule has 0 aliphatic carbocycles. The number of nitrogens with zero attached hydrogens (tertiary/aromatic N) is 1. The van der Waals surface area contributed by atoms with Crippen LogP contribution in [0.25, 0.3) is 10.9 Å². The van der Waals surface area contributed by atoms with Crippen LogP contribution in [0.2, 0.25) is 0 Å². The Morgan fingerprint density at radius 1 is 1.39 bits per heavy atom. The van der Waals surface area contributed by atoms with Gasteiger partial charge in [-0.05, 0) is 24.5 Å². The van der Waals surface area contributed by atoms with Crippen molar-refractivity contribution in [3.05, 3.63) is 36.0 Å². The first-order valence-electron chi connectivity index (χ1n) is 9.80. The molecule has 0 saturated carbocycles. The number of sulfonamides is 1. The molecule has 28 heavy (non-hydrogen) atoms. The van der Waals surface area contributed by atoms with E-state index in [9.17, 15) is 13.2 Å². The number of benzene rings is 1. The number of hydrogen-bond acceptors (Lipinski definition) is 4. The van der Waals surface area contributed by atoms with E-state index in [1.165, 1.54) is 6.26 Å². The minimum absolute atomic E-state index is 0.0143. The molecule has 3 aliphatic heterocycles. The van der Waals surface area contributed by atoms with Gasteiger partial charge in [-0.1, -0.05) is 18.2 Å². The van der Waals surface area contributed by atoms with Crippen LogP contribution in [0.3, 0.4) is 0 Å². The van der Waals surface area contributed by atoms with E-state index in [2.05, 4.69) is 10.3 Å². The summed E-state index contributed by atoms with van der Waals surface area (Å²) in [7, 11) is -3.22. The van der Waals surface area contributed by atoms with Crippen LogP contribution in [0.1, 0.15) is 18.4 Å². The maximum absolute atomic E-state index is 12.6. The van der Waals surface area contributed by atoms with E-state index in [1.54, 1.807) is 4.31 Å². The molecule has 7 nitrogen and oxygen atoms in total. The maximum Gasteiger partial charge on any atom is 0.224 e. The fourth-order valence-electron chi connectivity index (χ4n) is 5.42. The molecule has 2 bridgehead atoms. The second kappa shape index (κ2) is 6.30. The molecule has 1 aromatic heterocycles. The van der Waals surface area contributed by atoms with Gasteiger partial charge < -0.3 is 15.0 Å². The number of nitrogens with one attached hydrogen (secondary N) is 2. The molecule has 1 aromatic carbocycles. The number of aromatic amines is 1. The zero-order valence-electron chi connectivity index (χ0n) is 15.8. The van der Waals surface area contributed by atoms with Gasteiger partial charge in [0.2, 0.25) is 15.9 Å². The first-order valence-corrected chi connectivity index (χ1v) is 11.7. The second-order valence-electron chi connectivity index (χ2n) is 8.43. The van der Waals surface area contributed by atoms with E-state index in [1.807, 2.05) is 30.5 Å². The number of H-pyrrole nitrogens is 1. The molecule has 0 radical (unpaired) electrons. The molecule has 2 N–H and O–H groups in total. The number of aromatic nitrogens is 1. The lowest BCUT2D eigenvalue weighted by molar-refractivity contribution is -0.120. The topological polar surface area (TPSA) is 91.5 Å². The summed E-state index contributed by atoms with van der Waals surface area (Å²) < 4.78 is 31.8. The summed E-state index contributed by atoms with van der Waals surface area (Å²) in [6.07, 6.45) is 5.45. The predicted molar refractivity (Wildman–Crippen MR) is 105 cm³/mol. The van der Waals surface area contributed by atoms with E-state index in [0.717, 1.165) is 29.3 Å². The Bertz CT molecular complexity index is 1030. The number of para-hydroxylation sites is 1. The highest BCUT2D eigenvalue weighted by atomic mass is 32.2. The second-order valence-corrected chi connectivity index (χ2v) is 10.4. The van der Waals surface area contributed by atoms with Gasteiger partial charge in [-0.25, -0.2) is 8.42 Å². The van der Waals surface area contributed by atoms with Gasteiger partial charge in [-0.15, -0.1) is 0 Å². The Morgan fingerprint density at radius 3 is 3.04 bits per heavy atom. The van der Waals surface area contributed by atoms with Crippen molar-refractivity contribution in [2.75, 3.05) is 25.9 Å². The molecular formula is C20H25N3O4S. The van der Waals surface area contributed by atoms with E-state index >= 15 is 0 Å². The summed E-state index contributed by atoms with van der Waals surface area (Å²) in [4.78, 5) is 15.8. The summed E-state index contributed by atoms with van der Waals surface area (Å²) in [5.41, 5.74) is 1.67. The van der Waals surface area contributed by atoms with Gasteiger partial charge in [0.15, 0.2) is 0 Å². The number of carbonyl (C=O) groups excluding carboxylic acids is 1. The Hall–Kier alpha value is -1.90. The minimum atomic E-state index is -3.22. The van der Waals surface area contributed by atoms with Gasteiger partial charge >= 0.3 is 0 Å². The van der Waals surface area contributed by atoms with Crippen molar-refractivity contribution in [3.63, 3.8) is 0 Å². The smallest absolute Gasteiger partial charge is 0.224 e. The van der Waals surface area contributed by atoms with Crippen molar-refractivity contribution in [2.24, 2.45) is 11.8 Å². The van der Waals surface area contributed by atoms with Gasteiger partial charge in [0.25, 0.3) is 0 Å². The Balaban J connectivity index is 1.25. The van der Waals surface area contributed by atoms with Crippen LogP contribution in [-0.2, 0) is 26.0 Å². The van der Waals surface area contributed by atoms with Gasteiger partial charge in [-0.3, -0.25) is 4.79 Å². The number of amides is 1. The quantitative estimate of drug-likeness (QED) is 0.786. The summed E-state index contributed by atoms with van der Waals surface area (Å²) in [5.74, 6) is 0.321. The average molecular weight is 404 g/mol. The molecule has 3 aliphatic rings. The van der Waals surface area contributed by atoms with Crippen LogP contribution in [0.15, 0.2) is 30.5 Å². The van der Waals surface area contributed by atoms with Crippen molar-refractivity contribution >= 4 is 26.8 Å². The summed E-state index contributed by atoms with van der Waals surface area (Å²) >= 11 is 0. The number of rotatable bonds is 5. The lowest BCUT2D eigenvalue weighted by Gasteiger charge is -2.29. The molecular weight excluding hydrogens is 378 g/mol. The third kappa shape index (κ3) is 2.86. The van der Waals surface area contributed by atoms with E-state index in [4.69, 9.17) is 4.74 Å². The molecule has 3 fully saturated rings. The molecule has 150 valence electrons. The monoisotopic (exact) mass is 403 g/mol. The van der Waals surface area contributed by atoms with E-state index < -0.39 is 10.0 Å². The van der Waals surface area contributed by atoms with Gasteiger partial charge in [-0.2, -0.15) is 4.31 Å². The SMILES string of the molecule is CS(=O)(=O)N1C[C@@H]2[C@H](CNC(=O)Cc3c[nH]c4ccccc34)[C@H]3CC[C@]2(C1)O3. The maximum atomic E-state index is 12.6. The molecule has 0 unspecified atom stereocenters. The van der Waals surface area contributed by atoms with Crippen molar-refractivity contribution in [3.8, 4) is 0 Å². The number of hydrogen-bond donors (Lipinski definition) is 2. The molecule has 4 atom stereocenters. The van der Waals surface area contributed by atoms with Crippen LogP contribution in [0, 0.1) is 11.8 Å².